The Morgan fingerprint density at radius 3 is 2.71 bits per heavy atom. The van der Waals surface area contributed by atoms with Crippen LogP contribution in [-0.4, -0.2) is 17.6 Å². The second-order valence-corrected chi connectivity index (χ2v) is 5.07. The first-order chi connectivity index (χ1) is 8.08. The number of nitrogens with zero attached hydrogens (tertiary/aromatic N) is 1. The summed E-state index contributed by atoms with van der Waals surface area (Å²) in [6.07, 6.45) is 2.87. The minimum absolute atomic E-state index is 0.494. The third-order valence-electron chi connectivity index (χ3n) is 2.46. The van der Waals surface area contributed by atoms with Crippen molar-refractivity contribution < 1.29 is 4.74 Å². The molecule has 17 heavy (non-hydrogen) atoms. The monoisotopic (exact) mass is 236 g/mol. The largest absolute Gasteiger partial charge is 0.478 e. The smallest absolute Gasteiger partial charge is 0.213 e. The van der Waals surface area contributed by atoms with E-state index < -0.39 is 0 Å². The van der Waals surface area contributed by atoms with Crippen LogP contribution < -0.4 is 10.1 Å². The van der Waals surface area contributed by atoms with Gasteiger partial charge in [0, 0.05) is 24.8 Å². The lowest BCUT2D eigenvalue weighted by atomic mass is 10.1. The van der Waals surface area contributed by atoms with Crippen molar-refractivity contribution >= 4 is 0 Å². The van der Waals surface area contributed by atoms with E-state index in [0.717, 1.165) is 25.5 Å². The highest BCUT2D eigenvalue weighted by Crippen LogP contribution is 2.10. The zero-order chi connectivity index (χ0) is 12.7. The molecule has 0 aromatic carbocycles. The van der Waals surface area contributed by atoms with Gasteiger partial charge < -0.3 is 10.1 Å². The Bertz CT molecular complexity index is 324. The maximum atomic E-state index is 5.63. The topological polar surface area (TPSA) is 34.1 Å². The summed E-state index contributed by atoms with van der Waals surface area (Å²) in [7, 11) is 0. The summed E-state index contributed by atoms with van der Waals surface area (Å²) in [5, 5.41) is 3.38. The lowest BCUT2D eigenvalue weighted by Crippen LogP contribution is -2.21. The molecule has 0 saturated heterocycles. The number of rotatable bonds is 7. The van der Waals surface area contributed by atoms with Crippen LogP contribution in [0, 0.1) is 5.92 Å². The Morgan fingerprint density at radius 2 is 2.06 bits per heavy atom. The summed E-state index contributed by atoms with van der Waals surface area (Å²) in [5.41, 5.74) is 1.22. The van der Waals surface area contributed by atoms with Gasteiger partial charge in [-0.3, -0.25) is 0 Å². The van der Waals surface area contributed by atoms with E-state index in [2.05, 4.69) is 38.0 Å². The van der Waals surface area contributed by atoms with Crippen LogP contribution in [0.5, 0.6) is 5.88 Å². The van der Waals surface area contributed by atoms with Crippen molar-refractivity contribution in [3.05, 3.63) is 23.9 Å². The number of nitrogens with one attached hydrogen (secondary N) is 1. The van der Waals surface area contributed by atoms with Gasteiger partial charge in [-0.1, -0.05) is 27.7 Å². The molecule has 0 unspecified atom stereocenters. The van der Waals surface area contributed by atoms with Crippen LogP contribution in [0.25, 0.3) is 0 Å². The molecule has 3 heteroatoms. The molecule has 1 rings (SSSR count). The highest BCUT2D eigenvalue weighted by atomic mass is 16.5. The highest BCUT2D eigenvalue weighted by molar-refractivity contribution is 5.20. The molecular weight excluding hydrogens is 212 g/mol. The minimum atomic E-state index is 0.494. The molecule has 1 N–H and O–H groups in total. The van der Waals surface area contributed by atoms with E-state index >= 15 is 0 Å². The third kappa shape index (κ3) is 6.27. The highest BCUT2D eigenvalue weighted by Gasteiger charge is 2.00. The number of hydrogen-bond donors (Lipinski definition) is 1. The molecule has 0 saturated carbocycles. The van der Waals surface area contributed by atoms with Crippen molar-refractivity contribution in [3.63, 3.8) is 0 Å². The van der Waals surface area contributed by atoms with E-state index in [1.165, 1.54) is 5.56 Å². The molecule has 0 aliphatic heterocycles. The number of ether oxygens (including phenoxy) is 1. The van der Waals surface area contributed by atoms with E-state index in [9.17, 15) is 0 Å². The first-order valence-corrected chi connectivity index (χ1v) is 6.39. The van der Waals surface area contributed by atoms with Crippen LogP contribution in [0.15, 0.2) is 18.3 Å². The summed E-state index contributed by atoms with van der Waals surface area (Å²) in [6.45, 7) is 10.3. The van der Waals surface area contributed by atoms with Gasteiger partial charge in [0.1, 0.15) is 0 Å². The molecule has 0 atom stereocenters. The third-order valence-corrected chi connectivity index (χ3v) is 2.46. The Balaban J connectivity index is 2.42. The van der Waals surface area contributed by atoms with E-state index in [1.807, 2.05) is 18.3 Å². The average molecular weight is 236 g/mol. The molecule has 0 spiro atoms. The second-order valence-electron chi connectivity index (χ2n) is 5.07. The first-order valence-electron chi connectivity index (χ1n) is 6.39. The Kier molecular flexibility index (Phi) is 5.98. The van der Waals surface area contributed by atoms with E-state index in [1.54, 1.807) is 0 Å². The van der Waals surface area contributed by atoms with E-state index in [4.69, 9.17) is 4.74 Å². The van der Waals surface area contributed by atoms with Crippen molar-refractivity contribution in [2.45, 2.75) is 46.7 Å². The predicted molar refractivity (Wildman–Crippen MR) is 71.2 cm³/mol. The zero-order valence-electron chi connectivity index (χ0n) is 11.4. The van der Waals surface area contributed by atoms with Crippen LogP contribution in [0.2, 0.25) is 0 Å². The maximum absolute atomic E-state index is 5.63. The van der Waals surface area contributed by atoms with Crippen molar-refractivity contribution in [1.82, 2.24) is 10.3 Å². The average Bonchev–Trinajstić information content (AvgIpc) is 2.26. The van der Waals surface area contributed by atoms with Crippen LogP contribution >= 0.6 is 0 Å². The summed E-state index contributed by atoms with van der Waals surface area (Å²) >= 11 is 0. The quantitative estimate of drug-likeness (QED) is 0.790. The molecule has 1 aromatic rings. The summed E-state index contributed by atoms with van der Waals surface area (Å²) in [4.78, 5) is 4.21. The molecule has 0 aliphatic rings. The molecule has 1 heterocycles. The summed E-state index contributed by atoms with van der Waals surface area (Å²) in [6, 6.07) is 4.52. The maximum Gasteiger partial charge on any atom is 0.213 e. The molecule has 0 bridgehead atoms. The Morgan fingerprint density at radius 1 is 1.29 bits per heavy atom. The van der Waals surface area contributed by atoms with Crippen LogP contribution in [0.4, 0.5) is 0 Å². The van der Waals surface area contributed by atoms with Gasteiger partial charge in [-0.2, -0.15) is 0 Å². The lowest BCUT2D eigenvalue weighted by molar-refractivity contribution is 0.279. The molecule has 0 fully saturated rings. The van der Waals surface area contributed by atoms with Gasteiger partial charge in [-0.15, -0.1) is 0 Å². The van der Waals surface area contributed by atoms with Gasteiger partial charge in [0.25, 0.3) is 0 Å². The lowest BCUT2D eigenvalue weighted by Gasteiger charge is -2.10. The number of pyridine rings is 1. The standard InChI is InChI=1S/C14H24N2O/c1-11(2)6-8-17-14-9-13(5-7-15-14)10-16-12(3)4/h5,7,9,11-12,16H,6,8,10H2,1-4H3. The van der Waals surface area contributed by atoms with Crippen molar-refractivity contribution in [1.29, 1.82) is 0 Å². The predicted octanol–water partition coefficient (Wildman–Crippen LogP) is 3.00. The van der Waals surface area contributed by atoms with Crippen molar-refractivity contribution in [2.75, 3.05) is 6.61 Å². The molecule has 96 valence electrons. The van der Waals surface area contributed by atoms with Gasteiger partial charge >= 0.3 is 0 Å². The fourth-order valence-corrected chi connectivity index (χ4v) is 1.36. The van der Waals surface area contributed by atoms with Crippen molar-refractivity contribution in [3.8, 4) is 5.88 Å². The van der Waals surface area contributed by atoms with Gasteiger partial charge in [0.15, 0.2) is 0 Å². The Hall–Kier alpha value is -1.09. The van der Waals surface area contributed by atoms with Crippen molar-refractivity contribution in [2.24, 2.45) is 5.92 Å². The second kappa shape index (κ2) is 7.28. The van der Waals surface area contributed by atoms with Crippen LogP contribution in [0.3, 0.4) is 0 Å². The minimum Gasteiger partial charge on any atom is -0.478 e. The molecule has 0 aliphatic carbocycles. The fraction of sp³-hybridized carbons (Fsp3) is 0.643. The van der Waals surface area contributed by atoms with E-state index in [0.29, 0.717) is 12.0 Å². The van der Waals surface area contributed by atoms with Gasteiger partial charge in [-0.25, -0.2) is 4.98 Å². The van der Waals surface area contributed by atoms with Crippen LogP contribution in [-0.2, 0) is 6.54 Å². The molecular formula is C14H24N2O. The van der Waals surface area contributed by atoms with Crippen LogP contribution in [0.1, 0.15) is 39.7 Å². The normalized spacial score (nSPS) is 11.2. The SMILES string of the molecule is CC(C)CCOc1cc(CNC(C)C)ccn1. The first kappa shape index (κ1) is 14.0. The zero-order valence-corrected chi connectivity index (χ0v) is 11.4. The Labute approximate surface area is 105 Å². The molecule has 3 nitrogen and oxygen atoms in total. The van der Waals surface area contributed by atoms with E-state index in [-0.39, 0.29) is 0 Å². The molecule has 1 aromatic heterocycles. The summed E-state index contributed by atoms with van der Waals surface area (Å²) in [5.74, 6) is 1.40. The van der Waals surface area contributed by atoms with Gasteiger partial charge in [0.05, 0.1) is 6.61 Å². The number of hydrogen-bond acceptors (Lipinski definition) is 3. The molecule has 0 amide bonds. The van der Waals surface area contributed by atoms with Gasteiger partial charge in [-0.05, 0) is 24.0 Å². The number of aromatic nitrogens is 1. The fourth-order valence-electron chi connectivity index (χ4n) is 1.36. The summed E-state index contributed by atoms with van der Waals surface area (Å²) < 4.78 is 5.63. The molecule has 0 radical (unpaired) electrons. The van der Waals surface area contributed by atoms with Gasteiger partial charge in [0.2, 0.25) is 5.88 Å².